The number of carboxylic acid groups (broad SMARTS) is 1. The second kappa shape index (κ2) is 10.3. The Bertz CT molecular complexity index is 1350. The Morgan fingerprint density at radius 1 is 1.12 bits per heavy atom. The van der Waals surface area contributed by atoms with Crippen molar-refractivity contribution in [3.8, 4) is 5.75 Å². The van der Waals surface area contributed by atoms with Crippen LogP contribution in [0.5, 0.6) is 5.75 Å². The number of rotatable bonds is 8. The molecule has 0 heterocycles. The number of carbonyl (C=O) groups is 4. The molecule has 1 aromatic rings. The van der Waals surface area contributed by atoms with Crippen LogP contribution in [0.3, 0.4) is 0 Å². The highest BCUT2D eigenvalue weighted by molar-refractivity contribution is 6.25. The van der Waals surface area contributed by atoms with Crippen molar-refractivity contribution in [2.24, 2.45) is 11.8 Å². The molecule has 13 nitrogen and oxygen atoms in total. The average molecular weight is 560 g/mol. The van der Waals surface area contributed by atoms with Crippen molar-refractivity contribution in [1.82, 2.24) is 15.5 Å². The number of benzene rings is 1. The fourth-order valence-corrected chi connectivity index (χ4v) is 6.17. The van der Waals surface area contributed by atoms with Crippen LogP contribution < -0.4 is 10.6 Å². The Hall–Kier alpha value is -3.78. The predicted octanol–water partition coefficient (Wildman–Crippen LogP) is -0.328. The molecule has 1 amide bonds. The first kappa shape index (κ1) is 29.2. The zero-order valence-corrected chi connectivity index (χ0v) is 22.3. The lowest BCUT2D eigenvalue weighted by atomic mass is 9.54. The van der Waals surface area contributed by atoms with Gasteiger partial charge in [-0.15, -0.1) is 0 Å². The van der Waals surface area contributed by atoms with Crippen LogP contribution in [0.1, 0.15) is 37.3 Å². The molecule has 40 heavy (non-hydrogen) atoms. The number of carboxylic acids is 1. The summed E-state index contributed by atoms with van der Waals surface area (Å²) in [6.07, 6.45) is -0.0490. The molecule has 5 atom stereocenters. The lowest BCUT2D eigenvalue weighted by molar-refractivity contribution is -0.159. The predicted molar refractivity (Wildman–Crippen MR) is 139 cm³/mol. The number of likely N-dealkylation sites (N-methyl/N-ethyl adjacent to an activating group) is 1. The number of aliphatic carboxylic acids is 1. The maximum atomic E-state index is 14.0. The van der Waals surface area contributed by atoms with Crippen LogP contribution in [0.4, 0.5) is 0 Å². The van der Waals surface area contributed by atoms with Crippen LogP contribution in [0.2, 0.25) is 0 Å². The summed E-state index contributed by atoms with van der Waals surface area (Å²) in [6.45, 7) is 1.44. The maximum Gasteiger partial charge on any atom is 0.303 e. The largest absolute Gasteiger partial charge is 0.508 e. The summed E-state index contributed by atoms with van der Waals surface area (Å²) >= 11 is 0. The molecule has 0 saturated heterocycles. The molecule has 1 aromatic carbocycles. The first-order valence-corrected chi connectivity index (χ1v) is 12.8. The summed E-state index contributed by atoms with van der Waals surface area (Å²) in [6, 6.07) is 2.94. The van der Waals surface area contributed by atoms with E-state index in [-0.39, 0.29) is 43.6 Å². The zero-order chi connectivity index (χ0) is 29.7. The number of carbonyl (C=O) groups excluding carboxylic acids is 3. The van der Waals surface area contributed by atoms with Crippen LogP contribution >= 0.6 is 0 Å². The topological polar surface area (TPSA) is 217 Å². The highest BCUT2D eigenvalue weighted by atomic mass is 16.4. The molecule has 3 aliphatic carbocycles. The van der Waals surface area contributed by atoms with Crippen LogP contribution in [0.25, 0.3) is 5.76 Å². The Morgan fingerprint density at radius 3 is 2.42 bits per heavy atom. The van der Waals surface area contributed by atoms with Gasteiger partial charge in [0.2, 0.25) is 5.78 Å². The normalized spacial score (nSPS) is 29.7. The minimum absolute atomic E-state index is 0.0920. The summed E-state index contributed by atoms with van der Waals surface area (Å²) in [5.74, 6) is -8.78. The smallest absolute Gasteiger partial charge is 0.303 e. The van der Waals surface area contributed by atoms with Gasteiger partial charge in [0.15, 0.2) is 11.4 Å². The third kappa shape index (κ3) is 4.35. The number of phenolic OH excluding ortho intramolecular Hbond substituents is 1. The Kier molecular flexibility index (Phi) is 7.54. The number of aliphatic hydroxyl groups excluding tert-OH is 2. The van der Waals surface area contributed by atoms with Crippen LogP contribution in [-0.2, 0) is 24.8 Å². The monoisotopic (exact) mass is 559 g/mol. The van der Waals surface area contributed by atoms with Crippen molar-refractivity contribution in [1.29, 1.82) is 0 Å². The average Bonchev–Trinajstić information content (AvgIpc) is 2.86. The van der Waals surface area contributed by atoms with Gasteiger partial charge in [0, 0.05) is 23.8 Å². The number of phenols is 1. The molecule has 0 radical (unpaired) electrons. The van der Waals surface area contributed by atoms with E-state index in [1.165, 1.54) is 44.1 Å². The van der Waals surface area contributed by atoms with Crippen LogP contribution in [0, 0.1) is 11.8 Å². The first-order valence-electron chi connectivity index (χ1n) is 12.8. The number of amides is 1. The van der Waals surface area contributed by atoms with E-state index in [4.69, 9.17) is 5.11 Å². The van der Waals surface area contributed by atoms with Crippen LogP contribution in [0.15, 0.2) is 35.1 Å². The van der Waals surface area contributed by atoms with Crippen molar-refractivity contribution in [2.75, 3.05) is 27.3 Å². The van der Waals surface area contributed by atoms with Gasteiger partial charge in [-0.25, -0.2) is 0 Å². The molecular formula is C27H33N3O10. The second-order valence-corrected chi connectivity index (χ2v) is 10.8. The van der Waals surface area contributed by atoms with Crippen molar-refractivity contribution in [3.05, 3.63) is 46.2 Å². The quantitative estimate of drug-likeness (QED) is 0.117. The minimum Gasteiger partial charge on any atom is -0.508 e. The van der Waals surface area contributed by atoms with Crippen molar-refractivity contribution < 1.29 is 49.8 Å². The number of aliphatic hydroxyl groups is 4. The highest BCUT2D eigenvalue weighted by Crippen LogP contribution is 2.57. The lowest BCUT2D eigenvalue weighted by Gasteiger charge is -2.53. The first-order chi connectivity index (χ1) is 18.7. The standard InChI is InChI=1S/C27H33N3O10/c1-26(39)12-6-4-7-15(31)17(12)21(34)18-13(26)10-14-20(30(2)3)22(35)19(24(37)27(14,40)23(18)36)25(38)29-11-28-9-5-8-16(32)33/h4,6-7,13-14,20,28,31,34,37,39-40H,5,8-11H2,1-3H3,(H,29,38)(H,32,33)/t13-,14-,20-,26-,27-/m0/s1. The Morgan fingerprint density at radius 2 is 1.80 bits per heavy atom. The molecule has 13 heteroatoms. The van der Waals surface area contributed by atoms with E-state index in [0.29, 0.717) is 0 Å². The fourth-order valence-electron chi connectivity index (χ4n) is 6.17. The van der Waals surface area contributed by atoms with Crippen LogP contribution in [-0.4, -0.2) is 97.9 Å². The van der Waals surface area contributed by atoms with Gasteiger partial charge < -0.3 is 36.0 Å². The third-order valence-corrected chi connectivity index (χ3v) is 8.12. The molecule has 0 unspecified atom stereocenters. The number of aromatic hydroxyl groups is 1. The van der Waals surface area contributed by atoms with E-state index >= 15 is 0 Å². The fraction of sp³-hybridized carbons (Fsp3) is 0.481. The third-order valence-electron chi connectivity index (χ3n) is 8.12. The summed E-state index contributed by atoms with van der Waals surface area (Å²) in [5, 5.41) is 70.0. The molecule has 8 N–H and O–H groups in total. The number of hydrogen-bond donors (Lipinski definition) is 8. The van der Waals surface area contributed by atoms with E-state index in [1.54, 1.807) is 0 Å². The summed E-state index contributed by atoms with van der Waals surface area (Å²) in [4.78, 5) is 52.7. The molecule has 0 spiro atoms. The van der Waals surface area contributed by atoms with E-state index in [0.717, 1.165) is 0 Å². The molecule has 1 fully saturated rings. The van der Waals surface area contributed by atoms with E-state index < -0.39 is 80.9 Å². The highest BCUT2D eigenvalue weighted by Gasteiger charge is 2.66. The molecule has 0 aromatic heterocycles. The van der Waals surface area contributed by atoms with E-state index in [2.05, 4.69) is 10.6 Å². The maximum absolute atomic E-state index is 14.0. The zero-order valence-electron chi connectivity index (χ0n) is 22.3. The second-order valence-electron chi connectivity index (χ2n) is 10.8. The summed E-state index contributed by atoms with van der Waals surface area (Å²) < 4.78 is 0. The molecule has 0 aliphatic heterocycles. The van der Waals surface area contributed by atoms with Gasteiger partial charge in [0.25, 0.3) is 5.91 Å². The van der Waals surface area contributed by atoms with Gasteiger partial charge in [0.1, 0.15) is 22.8 Å². The number of nitrogens with zero attached hydrogens (tertiary/aromatic N) is 1. The summed E-state index contributed by atoms with van der Waals surface area (Å²) in [7, 11) is 3.01. The number of hydrogen-bond acceptors (Lipinski definition) is 11. The lowest BCUT2D eigenvalue weighted by Crippen LogP contribution is -2.67. The number of ketones is 2. The molecule has 1 saturated carbocycles. The molecule has 4 rings (SSSR count). The van der Waals surface area contributed by atoms with E-state index in [9.17, 15) is 44.7 Å². The van der Waals surface area contributed by atoms with E-state index in [1.807, 2.05) is 0 Å². The number of Topliss-reactive ketones (excluding diaryl/α,β-unsaturated/α-hetero) is 2. The number of nitrogens with one attached hydrogen (secondary N) is 2. The Balaban J connectivity index is 1.77. The van der Waals surface area contributed by atoms with Gasteiger partial charge in [0.05, 0.1) is 23.9 Å². The SMILES string of the molecule is CN(C)[C@@H]1C(=O)C(C(=O)NCNCCCC(=O)O)=C(O)[C@@]2(O)C(=O)C3=C(O)c4c(O)cccc4[C@](C)(O)[C@H]3C[C@@H]12. The molecule has 3 aliphatic rings. The van der Waals surface area contributed by atoms with Gasteiger partial charge in [-0.1, -0.05) is 12.1 Å². The van der Waals surface area contributed by atoms with Gasteiger partial charge in [-0.3, -0.25) is 29.4 Å². The Labute approximate surface area is 229 Å². The van der Waals surface area contributed by atoms with Gasteiger partial charge >= 0.3 is 5.97 Å². The van der Waals surface area contributed by atoms with Crippen molar-refractivity contribution in [3.63, 3.8) is 0 Å². The molecule has 0 bridgehead atoms. The summed E-state index contributed by atoms with van der Waals surface area (Å²) in [5.41, 5.74) is -5.92. The molecule has 216 valence electrons. The van der Waals surface area contributed by atoms with Gasteiger partial charge in [-0.05, 0) is 52.0 Å². The van der Waals surface area contributed by atoms with Crippen molar-refractivity contribution >= 4 is 29.2 Å². The minimum atomic E-state index is -2.80. The van der Waals surface area contributed by atoms with Gasteiger partial charge in [-0.2, -0.15) is 0 Å². The van der Waals surface area contributed by atoms with Crippen molar-refractivity contribution in [2.45, 2.75) is 43.4 Å². The number of fused-ring (bicyclic) bond motifs is 3. The molecular weight excluding hydrogens is 526 g/mol.